The van der Waals surface area contributed by atoms with Gasteiger partial charge in [-0.3, -0.25) is 0 Å². The number of hydrogen-bond acceptors (Lipinski definition) is 1. The highest BCUT2D eigenvalue weighted by molar-refractivity contribution is 6.30. The Morgan fingerprint density at radius 2 is 2.00 bits per heavy atom. The van der Waals surface area contributed by atoms with E-state index in [1.54, 1.807) is 12.1 Å². The fourth-order valence-corrected chi connectivity index (χ4v) is 1.32. The van der Waals surface area contributed by atoms with Crippen LogP contribution in [0.3, 0.4) is 0 Å². The van der Waals surface area contributed by atoms with E-state index in [1.807, 2.05) is 13.8 Å². The first-order valence-electron chi connectivity index (χ1n) is 4.23. The van der Waals surface area contributed by atoms with E-state index < -0.39 is 5.82 Å². The lowest BCUT2D eigenvalue weighted by atomic mass is 9.97. The van der Waals surface area contributed by atoms with E-state index in [4.69, 9.17) is 17.3 Å². The fraction of sp³-hybridized carbons (Fsp3) is 0.400. The van der Waals surface area contributed by atoms with Crippen LogP contribution in [-0.4, -0.2) is 0 Å². The fourth-order valence-electron chi connectivity index (χ4n) is 1.14. The van der Waals surface area contributed by atoms with E-state index in [-0.39, 0.29) is 17.0 Å². The van der Waals surface area contributed by atoms with Gasteiger partial charge in [-0.2, -0.15) is 0 Å². The van der Waals surface area contributed by atoms with E-state index in [0.717, 1.165) is 0 Å². The zero-order chi connectivity index (χ0) is 10.0. The van der Waals surface area contributed by atoms with Gasteiger partial charge in [0.15, 0.2) is 0 Å². The Balaban J connectivity index is 3.07. The van der Waals surface area contributed by atoms with Gasteiger partial charge in [0, 0.05) is 11.6 Å². The van der Waals surface area contributed by atoms with Gasteiger partial charge in [-0.25, -0.2) is 4.39 Å². The first-order chi connectivity index (χ1) is 6.04. The number of hydrogen-bond donors (Lipinski definition) is 1. The summed E-state index contributed by atoms with van der Waals surface area (Å²) in [5, 5.41) is 0.133. The predicted octanol–water partition coefficient (Wildman–Crippen LogP) is 3.13. The molecule has 0 amide bonds. The van der Waals surface area contributed by atoms with Crippen molar-refractivity contribution in [2.45, 2.75) is 19.9 Å². The smallest absolute Gasteiger partial charge is 0.146 e. The van der Waals surface area contributed by atoms with Crippen molar-refractivity contribution in [3.8, 4) is 0 Å². The largest absolute Gasteiger partial charge is 0.324 e. The summed E-state index contributed by atoms with van der Waals surface area (Å²) in [7, 11) is 0. The van der Waals surface area contributed by atoms with Crippen LogP contribution >= 0.6 is 11.6 Å². The molecule has 0 aliphatic carbocycles. The van der Waals surface area contributed by atoms with Gasteiger partial charge < -0.3 is 5.73 Å². The van der Waals surface area contributed by atoms with Crippen molar-refractivity contribution in [3.63, 3.8) is 0 Å². The van der Waals surface area contributed by atoms with Gasteiger partial charge in [0.2, 0.25) is 0 Å². The molecule has 0 spiro atoms. The molecule has 0 heterocycles. The maximum Gasteiger partial charge on any atom is 0.146 e. The minimum absolute atomic E-state index is 0.133. The summed E-state index contributed by atoms with van der Waals surface area (Å²) in [4.78, 5) is 0. The molecule has 0 radical (unpaired) electrons. The van der Waals surface area contributed by atoms with E-state index >= 15 is 0 Å². The standard InChI is InChI=1S/C10H13ClFN/c1-6(2)10(13)7-4-3-5-8(11)9(7)12/h3-6,10H,13H2,1-2H3. The lowest BCUT2D eigenvalue weighted by molar-refractivity contribution is 0.485. The molecule has 13 heavy (non-hydrogen) atoms. The van der Waals surface area contributed by atoms with Gasteiger partial charge in [0.1, 0.15) is 5.82 Å². The zero-order valence-corrected chi connectivity index (χ0v) is 8.48. The third-order valence-corrected chi connectivity index (χ3v) is 2.35. The molecular weight excluding hydrogens is 189 g/mol. The molecule has 1 rings (SSSR count). The number of benzene rings is 1. The Morgan fingerprint density at radius 3 is 2.54 bits per heavy atom. The summed E-state index contributed by atoms with van der Waals surface area (Å²) in [5.41, 5.74) is 6.30. The number of nitrogens with two attached hydrogens (primary N) is 1. The van der Waals surface area contributed by atoms with Crippen LogP contribution in [-0.2, 0) is 0 Å². The van der Waals surface area contributed by atoms with Crippen molar-refractivity contribution < 1.29 is 4.39 Å². The van der Waals surface area contributed by atoms with Gasteiger partial charge in [-0.05, 0) is 12.0 Å². The van der Waals surface area contributed by atoms with Crippen molar-refractivity contribution in [3.05, 3.63) is 34.6 Å². The molecule has 0 aliphatic heterocycles. The summed E-state index contributed by atoms with van der Waals surface area (Å²) < 4.78 is 13.4. The van der Waals surface area contributed by atoms with Crippen LogP contribution in [0.15, 0.2) is 18.2 Å². The molecule has 0 bridgehead atoms. The van der Waals surface area contributed by atoms with Gasteiger partial charge in [-0.15, -0.1) is 0 Å². The van der Waals surface area contributed by atoms with Crippen LogP contribution in [0.25, 0.3) is 0 Å². The highest BCUT2D eigenvalue weighted by atomic mass is 35.5. The number of halogens is 2. The monoisotopic (exact) mass is 201 g/mol. The van der Waals surface area contributed by atoms with Crippen molar-refractivity contribution >= 4 is 11.6 Å². The maximum absolute atomic E-state index is 13.4. The summed E-state index contributed by atoms with van der Waals surface area (Å²) in [6.45, 7) is 3.90. The molecule has 0 fully saturated rings. The lowest BCUT2D eigenvalue weighted by Crippen LogP contribution is -2.18. The third-order valence-electron chi connectivity index (χ3n) is 2.06. The molecule has 0 saturated heterocycles. The quantitative estimate of drug-likeness (QED) is 0.782. The normalized spacial score (nSPS) is 13.4. The summed E-state index contributed by atoms with van der Waals surface area (Å²) in [6, 6.07) is 4.61. The average molecular weight is 202 g/mol. The highest BCUT2D eigenvalue weighted by Crippen LogP contribution is 2.25. The summed E-state index contributed by atoms with van der Waals surface area (Å²) >= 11 is 5.63. The van der Waals surface area contributed by atoms with Gasteiger partial charge in [0.05, 0.1) is 5.02 Å². The van der Waals surface area contributed by atoms with Crippen LogP contribution < -0.4 is 5.73 Å². The van der Waals surface area contributed by atoms with E-state index in [2.05, 4.69) is 0 Å². The minimum atomic E-state index is -0.398. The third kappa shape index (κ3) is 2.20. The Morgan fingerprint density at radius 1 is 1.38 bits per heavy atom. The lowest BCUT2D eigenvalue weighted by Gasteiger charge is -2.16. The summed E-state index contributed by atoms with van der Waals surface area (Å²) in [6.07, 6.45) is 0. The van der Waals surface area contributed by atoms with Gasteiger partial charge in [0.25, 0.3) is 0 Å². The second-order valence-electron chi connectivity index (χ2n) is 3.41. The molecule has 0 saturated carbocycles. The van der Waals surface area contributed by atoms with Crippen LogP contribution in [0.5, 0.6) is 0 Å². The highest BCUT2D eigenvalue weighted by Gasteiger charge is 2.16. The topological polar surface area (TPSA) is 26.0 Å². The molecule has 1 aromatic carbocycles. The van der Waals surface area contributed by atoms with Crippen LogP contribution in [0, 0.1) is 11.7 Å². The molecule has 72 valence electrons. The minimum Gasteiger partial charge on any atom is -0.324 e. The van der Waals surface area contributed by atoms with Gasteiger partial charge in [-0.1, -0.05) is 37.6 Å². The van der Waals surface area contributed by atoms with Crippen molar-refractivity contribution in [2.24, 2.45) is 11.7 Å². The van der Waals surface area contributed by atoms with Crippen molar-refractivity contribution in [2.75, 3.05) is 0 Å². The molecule has 0 aromatic heterocycles. The van der Waals surface area contributed by atoms with Gasteiger partial charge >= 0.3 is 0 Å². The Hall–Kier alpha value is -0.600. The van der Waals surface area contributed by atoms with Crippen LogP contribution in [0.1, 0.15) is 25.5 Å². The van der Waals surface area contributed by atoms with E-state index in [0.29, 0.717) is 5.56 Å². The molecule has 1 nitrogen and oxygen atoms in total. The predicted molar refractivity (Wildman–Crippen MR) is 53.2 cm³/mol. The molecular formula is C10H13ClFN. The average Bonchev–Trinajstić information content (AvgIpc) is 2.08. The molecule has 1 atom stereocenters. The second-order valence-corrected chi connectivity index (χ2v) is 3.82. The molecule has 1 unspecified atom stereocenters. The second kappa shape index (κ2) is 4.07. The Labute approximate surface area is 82.7 Å². The Kier molecular flexibility index (Phi) is 3.28. The first-order valence-corrected chi connectivity index (χ1v) is 4.61. The summed E-state index contributed by atoms with van der Waals surface area (Å²) in [5.74, 6) is -0.196. The van der Waals surface area contributed by atoms with Crippen LogP contribution in [0.4, 0.5) is 4.39 Å². The molecule has 1 aromatic rings. The van der Waals surface area contributed by atoms with Crippen molar-refractivity contribution in [1.29, 1.82) is 0 Å². The molecule has 2 N–H and O–H groups in total. The maximum atomic E-state index is 13.4. The number of rotatable bonds is 2. The molecule has 3 heteroatoms. The SMILES string of the molecule is CC(C)C(N)c1cccc(Cl)c1F. The van der Waals surface area contributed by atoms with Crippen molar-refractivity contribution in [1.82, 2.24) is 0 Å². The van der Waals surface area contributed by atoms with Crippen LogP contribution in [0.2, 0.25) is 5.02 Å². The zero-order valence-electron chi connectivity index (χ0n) is 7.72. The first kappa shape index (κ1) is 10.5. The Bertz CT molecular complexity index is 299. The van der Waals surface area contributed by atoms with E-state index in [1.165, 1.54) is 6.07 Å². The molecule has 0 aliphatic rings. The van der Waals surface area contributed by atoms with E-state index in [9.17, 15) is 4.39 Å².